The predicted molar refractivity (Wildman–Crippen MR) is 84.2 cm³/mol. The molecular formula is C17H26N2O2. The van der Waals surface area contributed by atoms with Gasteiger partial charge in [-0.3, -0.25) is 4.79 Å². The first-order valence-corrected chi connectivity index (χ1v) is 7.75. The summed E-state index contributed by atoms with van der Waals surface area (Å²) in [5.41, 5.74) is 7.07. The summed E-state index contributed by atoms with van der Waals surface area (Å²) in [7, 11) is 0. The first-order valence-electron chi connectivity index (χ1n) is 7.75. The minimum absolute atomic E-state index is 0.0622. The Labute approximate surface area is 127 Å². The Morgan fingerprint density at radius 1 is 1.38 bits per heavy atom. The third-order valence-electron chi connectivity index (χ3n) is 4.26. The summed E-state index contributed by atoms with van der Waals surface area (Å²) in [6.07, 6.45) is 4.01. The van der Waals surface area contributed by atoms with E-state index in [4.69, 9.17) is 10.5 Å². The van der Waals surface area contributed by atoms with Gasteiger partial charge in [0.15, 0.2) is 0 Å². The molecular weight excluding hydrogens is 264 g/mol. The van der Waals surface area contributed by atoms with Crippen LogP contribution in [-0.2, 0) is 4.79 Å². The van der Waals surface area contributed by atoms with Gasteiger partial charge in [-0.2, -0.15) is 0 Å². The van der Waals surface area contributed by atoms with Crippen LogP contribution in [0.3, 0.4) is 0 Å². The van der Waals surface area contributed by atoms with Gasteiger partial charge in [0.2, 0.25) is 5.91 Å². The van der Waals surface area contributed by atoms with E-state index in [1.54, 1.807) is 0 Å². The quantitative estimate of drug-likeness (QED) is 0.818. The fourth-order valence-corrected chi connectivity index (χ4v) is 2.89. The Morgan fingerprint density at radius 3 is 2.76 bits per heavy atom. The average Bonchev–Trinajstić information content (AvgIpc) is 2.45. The molecule has 0 spiro atoms. The van der Waals surface area contributed by atoms with Crippen LogP contribution < -0.4 is 15.8 Å². The van der Waals surface area contributed by atoms with E-state index in [9.17, 15) is 4.79 Å². The van der Waals surface area contributed by atoms with Crippen molar-refractivity contribution in [3.8, 4) is 5.75 Å². The van der Waals surface area contributed by atoms with Crippen LogP contribution in [0.4, 0.5) is 0 Å². The summed E-state index contributed by atoms with van der Waals surface area (Å²) in [5, 5.41) is 2.95. The van der Waals surface area contributed by atoms with Gasteiger partial charge in [-0.05, 0) is 38.8 Å². The highest BCUT2D eigenvalue weighted by molar-refractivity contribution is 5.80. The first kappa shape index (κ1) is 15.8. The molecule has 1 saturated carbocycles. The van der Waals surface area contributed by atoms with E-state index in [1.807, 2.05) is 38.1 Å². The number of amides is 1. The molecule has 1 fully saturated rings. The number of nitrogens with two attached hydrogens (primary N) is 1. The molecule has 3 N–H and O–H groups in total. The lowest BCUT2D eigenvalue weighted by Gasteiger charge is -2.37. The van der Waals surface area contributed by atoms with Crippen molar-refractivity contribution in [1.29, 1.82) is 0 Å². The molecule has 0 aliphatic heterocycles. The zero-order valence-corrected chi connectivity index (χ0v) is 13.0. The van der Waals surface area contributed by atoms with E-state index in [1.165, 1.54) is 5.56 Å². The van der Waals surface area contributed by atoms with E-state index in [2.05, 4.69) is 5.32 Å². The molecule has 0 radical (unpaired) electrons. The number of carbonyl (C=O) groups excluding carboxylic acids is 1. The number of hydrogen-bond donors (Lipinski definition) is 2. The van der Waals surface area contributed by atoms with Crippen molar-refractivity contribution in [3.05, 3.63) is 29.8 Å². The van der Waals surface area contributed by atoms with Gasteiger partial charge in [0.05, 0.1) is 12.5 Å². The molecule has 1 aromatic carbocycles. The molecule has 21 heavy (non-hydrogen) atoms. The smallest absolute Gasteiger partial charge is 0.225 e. The van der Waals surface area contributed by atoms with Crippen LogP contribution >= 0.6 is 0 Å². The highest BCUT2D eigenvalue weighted by atomic mass is 16.5. The Kier molecular flexibility index (Phi) is 5.23. The fourth-order valence-electron chi connectivity index (χ4n) is 2.89. The maximum absolute atomic E-state index is 12.2. The van der Waals surface area contributed by atoms with Crippen molar-refractivity contribution in [1.82, 2.24) is 5.32 Å². The van der Waals surface area contributed by atoms with Crippen LogP contribution in [0.5, 0.6) is 5.75 Å². The summed E-state index contributed by atoms with van der Waals surface area (Å²) >= 11 is 0. The van der Waals surface area contributed by atoms with E-state index in [-0.39, 0.29) is 17.4 Å². The minimum Gasteiger partial charge on any atom is -0.492 e. The number of benzene rings is 1. The van der Waals surface area contributed by atoms with Crippen LogP contribution in [0.15, 0.2) is 24.3 Å². The Balaban J connectivity index is 1.73. The monoisotopic (exact) mass is 290 g/mol. The highest BCUT2D eigenvalue weighted by Crippen LogP contribution is 2.31. The molecule has 1 aromatic rings. The predicted octanol–water partition coefficient (Wildman–Crippen LogP) is 2.40. The Morgan fingerprint density at radius 2 is 2.10 bits per heavy atom. The number of rotatable bonds is 5. The van der Waals surface area contributed by atoms with Crippen LogP contribution in [0.1, 0.15) is 38.2 Å². The summed E-state index contributed by atoms with van der Waals surface area (Å²) in [4.78, 5) is 12.2. The Hall–Kier alpha value is -1.55. The third kappa shape index (κ3) is 4.46. The zero-order valence-electron chi connectivity index (χ0n) is 13.0. The van der Waals surface area contributed by atoms with Crippen molar-refractivity contribution in [2.45, 2.75) is 45.1 Å². The summed E-state index contributed by atoms with van der Waals surface area (Å²) in [5.74, 6) is 0.814. The third-order valence-corrected chi connectivity index (χ3v) is 4.26. The van der Waals surface area contributed by atoms with Crippen molar-refractivity contribution in [2.75, 3.05) is 13.2 Å². The second-order valence-electron chi connectivity index (χ2n) is 6.26. The summed E-state index contributed by atoms with van der Waals surface area (Å²) in [6, 6.07) is 7.90. The molecule has 1 aliphatic rings. The van der Waals surface area contributed by atoms with Crippen molar-refractivity contribution in [2.24, 2.45) is 11.7 Å². The van der Waals surface area contributed by atoms with Gasteiger partial charge in [-0.1, -0.05) is 30.5 Å². The lowest BCUT2D eigenvalue weighted by atomic mass is 9.74. The standard InChI is InChI=1S/C17H26N2O2/c1-13-6-8-14(9-7-13)21-12-11-19-16(20)15-5-3-4-10-17(15,2)18/h6-9,15H,3-5,10-12,18H2,1-2H3,(H,19,20). The van der Waals surface area contributed by atoms with E-state index in [0.29, 0.717) is 13.2 Å². The molecule has 0 bridgehead atoms. The van der Waals surface area contributed by atoms with Gasteiger partial charge < -0.3 is 15.8 Å². The second-order valence-corrected chi connectivity index (χ2v) is 6.26. The molecule has 0 aromatic heterocycles. The van der Waals surface area contributed by atoms with Crippen LogP contribution in [0, 0.1) is 12.8 Å². The van der Waals surface area contributed by atoms with Gasteiger partial charge in [-0.25, -0.2) is 0 Å². The first-order chi connectivity index (χ1) is 9.99. The molecule has 1 amide bonds. The van der Waals surface area contributed by atoms with Gasteiger partial charge in [0.25, 0.3) is 0 Å². The zero-order chi connectivity index (χ0) is 15.3. The van der Waals surface area contributed by atoms with Crippen molar-refractivity contribution >= 4 is 5.91 Å². The van der Waals surface area contributed by atoms with Crippen LogP contribution in [0.25, 0.3) is 0 Å². The van der Waals surface area contributed by atoms with Gasteiger partial charge >= 0.3 is 0 Å². The number of ether oxygens (including phenoxy) is 1. The topological polar surface area (TPSA) is 64.3 Å². The normalized spacial score (nSPS) is 25.4. The molecule has 0 saturated heterocycles. The van der Waals surface area contributed by atoms with E-state index < -0.39 is 0 Å². The SMILES string of the molecule is Cc1ccc(OCCNC(=O)C2CCCCC2(C)N)cc1. The fraction of sp³-hybridized carbons (Fsp3) is 0.588. The lowest BCUT2D eigenvalue weighted by molar-refractivity contribution is -0.128. The summed E-state index contributed by atoms with van der Waals surface area (Å²) in [6.45, 7) is 5.01. The minimum atomic E-state index is -0.375. The molecule has 2 unspecified atom stereocenters. The maximum Gasteiger partial charge on any atom is 0.225 e. The number of aryl methyl sites for hydroxylation is 1. The van der Waals surface area contributed by atoms with Crippen molar-refractivity contribution < 1.29 is 9.53 Å². The van der Waals surface area contributed by atoms with Gasteiger partial charge in [0, 0.05) is 5.54 Å². The molecule has 4 heteroatoms. The number of carbonyl (C=O) groups is 1. The maximum atomic E-state index is 12.2. The second kappa shape index (κ2) is 6.94. The Bertz CT molecular complexity index is 468. The molecule has 2 atom stereocenters. The lowest BCUT2D eigenvalue weighted by Crippen LogP contribution is -2.53. The highest BCUT2D eigenvalue weighted by Gasteiger charge is 2.37. The van der Waals surface area contributed by atoms with E-state index in [0.717, 1.165) is 31.4 Å². The molecule has 1 aliphatic carbocycles. The number of hydrogen-bond acceptors (Lipinski definition) is 3. The number of nitrogens with one attached hydrogen (secondary N) is 1. The van der Waals surface area contributed by atoms with Crippen LogP contribution in [-0.4, -0.2) is 24.6 Å². The largest absolute Gasteiger partial charge is 0.492 e. The van der Waals surface area contributed by atoms with Gasteiger partial charge in [-0.15, -0.1) is 0 Å². The average molecular weight is 290 g/mol. The summed E-state index contributed by atoms with van der Waals surface area (Å²) < 4.78 is 5.60. The van der Waals surface area contributed by atoms with Gasteiger partial charge in [0.1, 0.15) is 12.4 Å². The van der Waals surface area contributed by atoms with E-state index >= 15 is 0 Å². The molecule has 4 nitrogen and oxygen atoms in total. The molecule has 0 heterocycles. The molecule has 2 rings (SSSR count). The van der Waals surface area contributed by atoms with Crippen LogP contribution in [0.2, 0.25) is 0 Å². The van der Waals surface area contributed by atoms with Crippen molar-refractivity contribution in [3.63, 3.8) is 0 Å². The molecule has 116 valence electrons.